The van der Waals surface area contributed by atoms with Crippen LogP contribution < -0.4 is 15.5 Å². The van der Waals surface area contributed by atoms with Gasteiger partial charge in [-0.1, -0.05) is 19.3 Å². The van der Waals surface area contributed by atoms with Gasteiger partial charge in [0, 0.05) is 31.5 Å². The van der Waals surface area contributed by atoms with E-state index in [1.807, 2.05) is 25.1 Å². The van der Waals surface area contributed by atoms with E-state index in [-0.39, 0.29) is 17.9 Å². The predicted molar refractivity (Wildman–Crippen MR) is 99.1 cm³/mol. The first-order valence-corrected chi connectivity index (χ1v) is 8.89. The number of carbonyl (C=O) groups excluding carboxylic acids is 2. The second-order valence-corrected chi connectivity index (χ2v) is 7.19. The molecule has 2 amide bonds. The van der Waals surface area contributed by atoms with Crippen LogP contribution in [0, 0.1) is 0 Å². The molecule has 0 saturated heterocycles. The maximum absolute atomic E-state index is 12.7. The minimum Gasteiger partial charge on any atom is -0.377 e. The molecule has 1 aromatic carbocycles. The Balaban J connectivity index is 2.20. The van der Waals surface area contributed by atoms with Gasteiger partial charge < -0.3 is 15.5 Å². The Morgan fingerprint density at radius 3 is 2.46 bits per heavy atom. The van der Waals surface area contributed by atoms with E-state index < -0.39 is 5.38 Å². The number of hydrogen-bond acceptors (Lipinski definition) is 3. The smallest absolute Gasteiger partial charge is 0.253 e. The number of amides is 2. The molecular formula is C18H26ClN3O2. The van der Waals surface area contributed by atoms with Gasteiger partial charge in [0.1, 0.15) is 5.38 Å². The highest BCUT2D eigenvalue weighted by molar-refractivity contribution is 6.32. The molecule has 1 atom stereocenters. The van der Waals surface area contributed by atoms with Crippen LogP contribution in [0.1, 0.15) is 49.4 Å². The Labute approximate surface area is 148 Å². The van der Waals surface area contributed by atoms with E-state index in [1.54, 1.807) is 19.1 Å². The molecule has 2 rings (SSSR count). The molecule has 0 bridgehead atoms. The van der Waals surface area contributed by atoms with Gasteiger partial charge in [-0.25, -0.2) is 0 Å². The van der Waals surface area contributed by atoms with Crippen LogP contribution in [0.5, 0.6) is 0 Å². The lowest BCUT2D eigenvalue weighted by Crippen LogP contribution is -2.36. The lowest BCUT2D eigenvalue weighted by molar-refractivity contribution is -0.115. The van der Waals surface area contributed by atoms with Crippen molar-refractivity contribution in [2.75, 3.05) is 24.3 Å². The number of nitrogens with zero attached hydrogens (tertiary/aromatic N) is 1. The van der Waals surface area contributed by atoms with Crippen LogP contribution in [0.15, 0.2) is 18.2 Å². The van der Waals surface area contributed by atoms with Crippen molar-refractivity contribution in [3.05, 3.63) is 23.8 Å². The van der Waals surface area contributed by atoms with E-state index in [0.29, 0.717) is 11.3 Å². The topological polar surface area (TPSA) is 61.4 Å². The summed E-state index contributed by atoms with van der Waals surface area (Å²) in [5.41, 5.74) is 1.96. The van der Waals surface area contributed by atoms with Crippen LogP contribution in [0.4, 0.5) is 11.4 Å². The fraction of sp³-hybridized carbons (Fsp3) is 0.556. The Hall–Kier alpha value is -1.75. The number of halogens is 1. The van der Waals surface area contributed by atoms with Crippen LogP contribution in [0.3, 0.4) is 0 Å². The first-order chi connectivity index (χ1) is 11.4. The van der Waals surface area contributed by atoms with E-state index in [1.165, 1.54) is 6.42 Å². The van der Waals surface area contributed by atoms with E-state index in [4.69, 9.17) is 11.6 Å². The predicted octanol–water partition coefficient (Wildman–Crippen LogP) is 3.38. The number of anilines is 2. The summed E-state index contributed by atoms with van der Waals surface area (Å²) in [5.74, 6) is -0.381. The van der Waals surface area contributed by atoms with Crippen molar-refractivity contribution >= 4 is 34.8 Å². The molecule has 0 spiro atoms. The molecule has 5 nitrogen and oxygen atoms in total. The summed E-state index contributed by atoms with van der Waals surface area (Å²) < 4.78 is 0. The molecule has 0 heterocycles. The Morgan fingerprint density at radius 1 is 1.21 bits per heavy atom. The van der Waals surface area contributed by atoms with E-state index in [2.05, 4.69) is 10.6 Å². The maximum atomic E-state index is 12.7. The quantitative estimate of drug-likeness (QED) is 0.799. The largest absolute Gasteiger partial charge is 0.377 e. The van der Waals surface area contributed by atoms with Gasteiger partial charge in [-0.05, 0) is 38.0 Å². The maximum Gasteiger partial charge on any atom is 0.253 e. The van der Waals surface area contributed by atoms with Crippen LogP contribution in [-0.4, -0.2) is 37.3 Å². The van der Waals surface area contributed by atoms with Gasteiger partial charge >= 0.3 is 0 Å². The third-order valence-corrected chi connectivity index (χ3v) is 4.49. The molecule has 1 aliphatic rings. The standard InChI is InChI=1S/C18H26ClN3O2/c1-12(19)17(23)21-14-9-10-16(22(2)3)15(11-14)18(24)20-13-7-5-4-6-8-13/h9-13H,4-8H2,1-3H3,(H,20,24)(H,21,23)/t12-/m1/s1. The fourth-order valence-corrected chi connectivity index (χ4v) is 2.99. The minimum atomic E-state index is -0.627. The molecule has 6 heteroatoms. The number of rotatable bonds is 5. The molecule has 132 valence electrons. The molecule has 0 unspecified atom stereocenters. The van der Waals surface area contributed by atoms with Crippen LogP contribution in [-0.2, 0) is 4.79 Å². The van der Waals surface area contributed by atoms with Crippen LogP contribution in [0.25, 0.3) is 0 Å². The lowest BCUT2D eigenvalue weighted by atomic mass is 9.95. The van der Waals surface area contributed by atoms with Gasteiger partial charge in [-0.15, -0.1) is 11.6 Å². The Morgan fingerprint density at radius 2 is 1.88 bits per heavy atom. The Kier molecular flexibility index (Phi) is 6.49. The summed E-state index contributed by atoms with van der Waals surface area (Å²) in [5, 5.41) is 5.24. The van der Waals surface area contributed by atoms with E-state index >= 15 is 0 Å². The molecule has 0 aliphatic heterocycles. The molecule has 0 radical (unpaired) electrons. The number of alkyl halides is 1. The molecule has 2 N–H and O–H groups in total. The van der Waals surface area contributed by atoms with Crippen molar-refractivity contribution < 1.29 is 9.59 Å². The third-order valence-electron chi connectivity index (χ3n) is 4.29. The SMILES string of the molecule is C[C@@H](Cl)C(=O)Nc1ccc(N(C)C)c(C(=O)NC2CCCCC2)c1. The summed E-state index contributed by atoms with van der Waals surface area (Å²) in [7, 11) is 3.79. The molecule has 1 saturated carbocycles. The van der Waals surface area contributed by atoms with Crippen molar-refractivity contribution in [2.24, 2.45) is 0 Å². The van der Waals surface area contributed by atoms with Crippen molar-refractivity contribution in [3.63, 3.8) is 0 Å². The molecule has 1 aromatic rings. The van der Waals surface area contributed by atoms with Crippen molar-refractivity contribution in [2.45, 2.75) is 50.4 Å². The molecule has 24 heavy (non-hydrogen) atoms. The van der Waals surface area contributed by atoms with Gasteiger partial charge in [0.2, 0.25) is 5.91 Å². The zero-order valence-corrected chi connectivity index (χ0v) is 15.3. The van der Waals surface area contributed by atoms with E-state index in [0.717, 1.165) is 31.4 Å². The summed E-state index contributed by atoms with van der Waals surface area (Å²) in [6.07, 6.45) is 5.63. The third kappa shape index (κ3) is 4.87. The van der Waals surface area contributed by atoms with Crippen LogP contribution in [0.2, 0.25) is 0 Å². The van der Waals surface area contributed by atoms with Gasteiger partial charge in [0.05, 0.1) is 5.56 Å². The van der Waals surface area contributed by atoms with E-state index in [9.17, 15) is 9.59 Å². The monoisotopic (exact) mass is 351 g/mol. The van der Waals surface area contributed by atoms with Gasteiger partial charge in [0.15, 0.2) is 0 Å². The highest BCUT2D eigenvalue weighted by Gasteiger charge is 2.20. The second-order valence-electron chi connectivity index (χ2n) is 6.54. The van der Waals surface area contributed by atoms with Gasteiger partial charge in [0.25, 0.3) is 5.91 Å². The molecule has 1 aliphatic carbocycles. The number of hydrogen-bond donors (Lipinski definition) is 2. The highest BCUT2D eigenvalue weighted by Crippen LogP contribution is 2.25. The molecule has 0 aromatic heterocycles. The Bertz CT molecular complexity index is 596. The van der Waals surface area contributed by atoms with Crippen molar-refractivity contribution in [1.29, 1.82) is 0 Å². The van der Waals surface area contributed by atoms with Gasteiger partial charge in [-0.3, -0.25) is 9.59 Å². The first-order valence-electron chi connectivity index (χ1n) is 8.45. The highest BCUT2D eigenvalue weighted by atomic mass is 35.5. The summed E-state index contributed by atoms with van der Waals surface area (Å²) in [6, 6.07) is 5.57. The van der Waals surface area contributed by atoms with Crippen molar-refractivity contribution in [1.82, 2.24) is 5.32 Å². The van der Waals surface area contributed by atoms with Crippen LogP contribution >= 0.6 is 11.6 Å². The number of benzene rings is 1. The first kappa shape index (κ1) is 18.6. The minimum absolute atomic E-state index is 0.0966. The molecular weight excluding hydrogens is 326 g/mol. The molecule has 1 fully saturated rings. The van der Waals surface area contributed by atoms with Crippen molar-refractivity contribution in [3.8, 4) is 0 Å². The second kappa shape index (κ2) is 8.38. The zero-order chi connectivity index (χ0) is 17.7. The van der Waals surface area contributed by atoms with Gasteiger partial charge in [-0.2, -0.15) is 0 Å². The number of nitrogens with one attached hydrogen (secondary N) is 2. The average Bonchev–Trinajstić information content (AvgIpc) is 2.55. The summed E-state index contributed by atoms with van der Waals surface area (Å²) in [4.78, 5) is 26.4. The summed E-state index contributed by atoms with van der Waals surface area (Å²) in [6.45, 7) is 1.61. The zero-order valence-electron chi connectivity index (χ0n) is 14.6. The fourth-order valence-electron chi connectivity index (χ4n) is 2.94. The summed E-state index contributed by atoms with van der Waals surface area (Å²) >= 11 is 5.79. The normalized spacial score (nSPS) is 16.3. The average molecular weight is 352 g/mol. The number of carbonyl (C=O) groups is 2. The lowest BCUT2D eigenvalue weighted by Gasteiger charge is -2.24.